The van der Waals surface area contributed by atoms with Crippen LogP contribution in [0.3, 0.4) is 0 Å². The highest BCUT2D eigenvalue weighted by Gasteiger charge is 2.19. The highest BCUT2D eigenvalue weighted by atomic mass is 16.5. The maximum atomic E-state index is 11.8. The summed E-state index contributed by atoms with van der Waals surface area (Å²) in [5.41, 5.74) is 1.71. The molecule has 2 unspecified atom stereocenters. The number of phenols is 1. The van der Waals surface area contributed by atoms with Crippen LogP contribution in [0.25, 0.3) is 0 Å². The fourth-order valence-electron chi connectivity index (χ4n) is 2.30. The predicted octanol–water partition coefficient (Wildman–Crippen LogP) is 3.93. The van der Waals surface area contributed by atoms with Gasteiger partial charge in [-0.3, -0.25) is 4.79 Å². The van der Waals surface area contributed by atoms with Gasteiger partial charge in [-0.25, -0.2) is 0 Å². The molecule has 0 aliphatic carbocycles. The van der Waals surface area contributed by atoms with Crippen LogP contribution < -0.4 is 10.1 Å². The molecule has 2 N–H and O–H groups in total. The monoisotopic (exact) mass is 307 g/mol. The molecule has 1 aromatic carbocycles. The van der Waals surface area contributed by atoms with E-state index in [1.54, 1.807) is 12.1 Å². The van der Waals surface area contributed by atoms with Crippen molar-refractivity contribution in [3.63, 3.8) is 0 Å². The van der Waals surface area contributed by atoms with Gasteiger partial charge in [-0.1, -0.05) is 34.6 Å². The molecule has 0 saturated heterocycles. The standard InChI is InChI=1S/C18H29NO3/c1-6-12(4)15-9-14(22-17(20)11-19-8-3)10-16(18(15)21)13(5)7-2/h9-10,12-13,19,21H,6-8,11H2,1-5H3. The molecule has 1 aromatic rings. The number of hydrogen-bond donors (Lipinski definition) is 2. The number of nitrogens with one attached hydrogen (secondary N) is 1. The number of rotatable bonds is 8. The minimum atomic E-state index is -0.308. The van der Waals surface area contributed by atoms with Crippen LogP contribution in [0, 0.1) is 0 Å². The molecular weight excluding hydrogens is 278 g/mol. The summed E-state index contributed by atoms with van der Waals surface area (Å²) in [6.45, 7) is 11.2. The second kappa shape index (κ2) is 8.79. The summed E-state index contributed by atoms with van der Waals surface area (Å²) < 4.78 is 5.43. The van der Waals surface area contributed by atoms with Gasteiger partial charge in [0.15, 0.2) is 0 Å². The van der Waals surface area contributed by atoms with E-state index in [4.69, 9.17) is 4.74 Å². The van der Waals surface area contributed by atoms with Gasteiger partial charge in [0.1, 0.15) is 11.5 Å². The third kappa shape index (κ3) is 4.73. The average Bonchev–Trinajstić information content (AvgIpc) is 2.52. The van der Waals surface area contributed by atoms with Crippen molar-refractivity contribution in [1.29, 1.82) is 0 Å². The number of likely N-dealkylation sites (N-methyl/N-ethyl adjacent to an activating group) is 1. The summed E-state index contributed by atoms with van der Waals surface area (Å²) in [5.74, 6) is 0.990. The van der Waals surface area contributed by atoms with Gasteiger partial charge in [0.2, 0.25) is 0 Å². The van der Waals surface area contributed by atoms with E-state index in [1.165, 1.54) is 0 Å². The largest absolute Gasteiger partial charge is 0.507 e. The first-order valence-electron chi connectivity index (χ1n) is 8.22. The molecule has 2 atom stereocenters. The Bertz CT molecular complexity index is 468. The van der Waals surface area contributed by atoms with Crippen molar-refractivity contribution < 1.29 is 14.6 Å². The molecule has 0 heterocycles. The number of aromatic hydroxyl groups is 1. The molecular formula is C18H29NO3. The lowest BCUT2D eigenvalue weighted by Gasteiger charge is -2.19. The van der Waals surface area contributed by atoms with Crippen molar-refractivity contribution in [3.05, 3.63) is 23.3 Å². The van der Waals surface area contributed by atoms with E-state index in [0.717, 1.165) is 30.5 Å². The zero-order valence-corrected chi connectivity index (χ0v) is 14.4. The van der Waals surface area contributed by atoms with E-state index in [1.807, 2.05) is 6.92 Å². The molecule has 0 aromatic heterocycles. The molecule has 0 bridgehead atoms. The van der Waals surface area contributed by atoms with Crippen LogP contribution in [-0.2, 0) is 4.79 Å². The molecule has 0 fully saturated rings. The maximum Gasteiger partial charge on any atom is 0.325 e. The van der Waals surface area contributed by atoms with E-state index in [0.29, 0.717) is 11.5 Å². The Morgan fingerprint density at radius 3 is 2.05 bits per heavy atom. The molecule has 4 nitrogen and oxygen atoms in total. The maximum absolute atomic E-state index is 11.8. The predicted molar refractivity (Wildman–Crippen MR) is 89.7 cm³/mol. The first kappa shape index (κ1) is 18.5. The van der Waals surface area contributed by atoms with Crippen LogP contribution in [0.5, 0.6) is 11.5 Å². The second-order valence-electron chi connectivity index (χ2n) is 5.82. The fourth-order valence-corrected chi connectivity index (χ4v) is 2.30. The van der Waals surface area contributed by atoms with Crippen molar-refractivity contribution in [2.75, 3.05) is 13.1 Å². The molecule has 124 valence electrons. The quantitative estimate of drug-likeness (QED) is 0.564. The van der Waals surface area contributed by atoms with E-state index in [-0.39, 0.29) is 24.3 Å². The smallest absolute Gasteiger partial charge is 0.325 e. The zero-order valence-electron chi connectivity index (χ0n) is 14.4. The van der Waals surface area contributed by atoms with Gasteiger partial charge >= 0.3 is 5.97 Å². The Morgan fingerprint density at radius 1 is 1.14 bits per heavy atom. The van der Waals surface area contributed by atoms with Crippen LogP contribution in [0.2, 0.25) is 0 Å². The Kier molecular flexibility index (Phi) is 7.39. The first-order valence-corrected chi connectivity index (χ1v) is 8.22. The minimum absolute atomic E-state index is 0.189. The lowest BCUT2D eigenvalue weighted by molar-refractivity contribution is -0.133. The second-order valence-corrected chi connectivity index (χ2v) is 5.82. The summed E-state index contributed by atoms with van der Waals surface area (Å²) in [7, 11) is 0. The number of hydrogen-bond acceptors (Lipinski definition) is 4. The van der Waals surface area contributed by atoms with Gasteiger partial charge < -0.3 is 15.2 Å². The molecule has 0 saturated carbocycles. The number of esters is 1. The van der Waals surface area contributed by atoms with E-state index in [9.17, 15) is 9.90 Å². The highest BCUT2D eigenvalue weighted by molar-refractivity contribution is 5.74. The van der Waals surface area contributed by atoms with Gasteiger partial charge in [0.25, 0.3) is 0 Å². The summed E-state index contributed by atoms with van der Waals surface area (Å²) in [5, 5.41) is 13.5. The SMILES string of the molecule is CCNCC(=O)Oc1cc(C(C)CC)c(O)c(C(C)CC)c1. The van der Waals surface area contributed by atoms with E-state index >= 15 is 0 Å². The highest BCUT2D eigenvalue weighted by Crippen LogP contribution is 2.39. The van der Waals surface area contributed by atoms with Crippen LogP contribution in [0.1, 0.15) is 70.4 Å². The number of carbonyl (C=O) groups excluding carboxylic acids is 1. The average molecular weight is 307 g/mol. The lowest BCUT2D eigenvalue weighted by Crippen LogP contribution is -2.26. The lowest BCUT2D eigenvalue weighted by atomic mass is 9.90. The Labute approximate surface area is 133 Å². The van der Waals surface area contributed by atoms with Crippen molar-refractivity contribution >= 4 is 5.97 Å². The van der Waals surface area contributed by atoms with Crippen LogP contribution in [0.4, 0.5) is 0 Å². The van der Waals surface area contributed by atoms with Gasteiger partial charge in [-0.05, 0) is 43.4 Å². The fraction of sp³-hybridized carbons (Fsp3) is 0.611. The van der Waals surface area contributed by atoms with Crippen molar-refractivity contribution in [2.24, 2.45) is 0 Å². The number of benzene rings is 1. The van der Waals surface area contributed by atoms with Crippen molar-refractivity contribution in [3.8, 4) is 11.5 Å². The molecule has 1 rings (SSSR count). The normalized spacial score (nSPS) is 13.7. The zero-order chi connectivity index (χ0) is 16.7. The van der Waals surface area contributed by atoms with Crippen LogP contribution in [0.15, 0.2) is 12.1 Å². The Balaban J connectivity index is 3.14. The molecule has 22 heavy (non-hydrogen) atoms. The van der Waals surface area contributed by atoms with Crippen LogP contribution >= 0.6 is 0 Å². The summed E-state index contributed by atoms with van der Waals surface area (Å²) in [6, 6.07) is 3.58. The molecule has 0 amide bonds. The minimum Gasteiger partial charge on any atom is -0.507 e. The van der Waals surface area contributed by atoms with Crippen molar-refractivity contribution in [2.45, 2.75) is 59.3 Å². The summed E-state index contributed by atoms with van der Waals surface area (Å²) in [4.78, 5) is 11.8. The van der Waals surface area contributed by atoms with Gasteiger partial charge in [-0.15, -0.1) is 0 Å². The first-order chi connectivity index (χ1) is 10.4. The van der Waals surface area contributed by atoms with E-state index < -0.39 is 0 Å². The number of ether oxygens (including phenoxy) is 1. The van der Waals surface area contributed by atoms with Gasteiger partial charge in [0, 0.05) is 11.1 Å². The summed E-state index contributed by atoms with van der Waals surface area (Å²) in [6.07, 6.45) is 1.84. The van der Waals surface area contributed by atoms with Gasteiger partial charge in [-0.2, -0.15) is 0 Å². The van der Waals surface area contributed by atoms with E-state index in [2.05, 4.69) is 33.0 Å². The molecule has 0 aliphatic rings. The Morgan fingerprint density at radius 2 is 1.64 bits per heavy atom. The molecule has 0 spiro atoms. The molecule has 4 heteroatoms. The third-order valence-corrected chi connectivity index (χ3v) is 4.18. The molecule has 0 radical (unpaired) electrons. The molecule has 0 aliphatic heterocycles. The summed E-state index contributed by atoms with van der Waals surface area (Å²) >= 11 is 0. The van der Waals surface area contributed by atoms with Crippen molar-refractivity contribution in [1.82, 2.24) is 5.32 Å². The topological polar surface area (TPSA) is 58.6 Å². The Hall–Kier alpha value is -1.55. The number of carbonyl (C=O) groups is 1. The number of phenolic OH excluding ortho intramolecular Hbond substituents is 1. The van der Waals surface area contributed by atoms with Crippen LogP contribution in [-0.4, -0.2) is 24.2 Å². The third-order valence-electron chi connectivity index (χ3n) is 4.18. The van der Waals surface area contributed by atoms with Gasteiger partial charge in [0.05, 0.1) is 6.54 Å².